The van der Waals surface area contributed by atoms with E-state index in [9.17, 15) is 4.39 Å². The van der Waals surface area contributed by atoms with Gasteiger partial charge in [-0.1, -0.05) is 25.1 Å². The molecule has 1 unspecified atom stereocenters. The first kappa shape index (κ1) is 17.8. The molecule has 0 saturated heterocycles. The van der Waals surface area contributed by atoms with Crippen LogP contribution in [0.2, 0.25) is 0 Å². The number of hydrogen-bond donors (Lipinski definition) is 1. The summed E-state index contributed by atoms with van der Waals surface area (Å²) in [6.07, 6.45) is 5.62. The zero-order chi connectivity index (χ0) is 19.8. The van der Waals surface area contributed by atoms with E-state index in [1.54, 1.807) is 0 Å². The van der Waals surface area contributed by atoms with Crippen LogP contribution in [-0.2, 0) is 12.8 Å². The second-order valence-electron chi connectivity index (χ2n) is 7.41. The van der Waals surface area contributed by atoms with Crippen molar-refractivity contribution in [1.82, 2.24) is 19.7 Å². The van der Waals surface area contributed by atoms with Gasteiger partial charge >= 0.3 is 0 Å². The molecule has 29 heavy (non-hydrogen) atoms. The highest BCUT2D eigenvalue weighted by atomic mass is 19.1. The number of aromatic nitrogens is 4. The van der Waals surface area contributed by atoms with Crippen molar-refractivity contribution in [2.24, 2.45) is 0 Å². The van der Waals surface area contributed by atoms with Crippen molar-refractivity contribution in [3.8, 4) is 0 Å². The van der Waals surface area contributed by atoms with Gasteiger partial charge in [-0.2, -0.15) is 0 Å². The predicted octanol–water partition coefficient (Wildman–Crippen LogP) is 5.20. The van der Waals surface area contributed by atoms with Crippen molar-refractivity contribution in [3.05, 3.63) is 77.5 Å². The molecule has 0 spiro atoms. The normalized spacial score (nSPS) is 16.0. The van der Waals surface area contributed by atoms with Crippen LogP contribution < -0.4 is 5.32 Å². The lowest BCUT2D eigenvalue weighted by molar-refractivity contribution is 0.454. The average Bonchev–Trinajstić information content (AvgIpc) is 3.17. The van der Waals surface area contributed by atoms with Crippen LogP contribution in [0.15, 0.2) is 54.7 Å². The van der Waals surface area contributed by atoms with Gasteiger partial charge in [0.1, 0.15) is 11.6 Å². The number of nitrogens with one attached hydrogen (secondary N) is 1. The second-order valence-corrected chi connectivity index (χ2v) is 7.41. The molecular weight excluding hydrogens is 365 g/mol. The first-order valence-electron chi connectivity index (χ1n) is 10.1. The minimum Gasteiger partial charge on any atom is -0.324 e. The molecule has 0 fully saturated rings. The van der Waals surface area contributed by atoms with E-state index in [0.717, 1.165) is 59.6 Å². The fraction of sp³-hybridized carbons (Fsp3) is 0.261. The van der Waals surface area contributed by atoms with E-state index in [2.05, 4.69) is 44.1 Å². The van der Waals surface area contributed by atoms with Crippen LogP contribution in [0.3, 0.4) is 0 Å². The number of fused-ring (bicyclic) bond motifs is 2. The zero-order valence-electron chi connectivity index (χ0n) is 16.3. The number of pyridine rings is 1. The minimum atomic E-state index is -0.218. The number of benzene rings is 2. The molecule has 2 aromatic carbocycles. The van der Waals surface area contributed by atoms with Gasteiger partial charge in [0, 0.05) is 23.7 Å². The van der Waals surface area contributed by atoms with E-state index in [1.807, 2.05) is 30.5 Å². The van der Waals surface area contributed by atoms with Crippen LogP contribution in [0, 0.1) is 5.82 Å². The van der Waals surface area contributed by atoms with Gasteiger partial charge in [-0.05, 0) is 60.7 Å². The Morgan fingerprint density at radius 2 is 1.97 bits per heavy atom. The Bertz CT molecular complexity index is 1170. The van der Waals surface area contributed by atoms with Gasteiger partial charge in [0.05, 0.1) is 11.6 Å². The molecule has 2 aromatic heterocycles. The quantitative estimate of drug-likeness (QED) is 0.523. The molecule has 4 aromatic rings. The third-order valence-electron chi connectivity index (χ3n) is 5.71. The lowest BCUT2D eigenvalue weighted by atomic mass is 9.97. The summed E-state index contributed by atoms with van der Waals surface area (Å²) in [6.45, 7) is 2.15. The SMILES string of the molecule is CCc1c(Nc2nnc3n2C(c2ccc(F)cc2)CCC3)ccc2ncccc12. The summed E-state index contributed by atoms with van der Waals surface area (Å²) in [4.78, 5) is 4.47. The van der Waals surface area contributed by atoms with Gasteiger partial charge in [-0.15, -0.1) is 10.2 Å². The molecule has 0 bridgehead atoms. The molecule has 146 valence electrons. The van der Waals surface area contributed by atoms with Crippen molar-refractivity contribution >= 4 is 22.5 Å². The lowest BCUT2D eigenvalue weighted by Gasteiger charge is -2.27. The highest BCUT2D eigenvalue weighted by Gasteiger charge is 2.26. The molecule has 1 aliphatic heterocycles. The molecule has 0 saturated carbocycles. The summed E-state index contributed by atoms with van der Waals surface area (Å²) < 4.78 is 15.6. The first-order chi connectivity index (χ1) is 14.2. The molecule has 5 nitrogen and oxygen atoms in total. The van der Waals surface area contributed by atoms with Crippen molar-refractivity contribution < 1.29 is 4.39 Å². The van der Waals surface area contributed by atoms with E-state index in [4.69, 9.17) is 0 Å². The Morgan fingerprint density at radius 1 is 1.10 bits per heavy atom. The molecule has 0 radical (unpaired) electrons. The van der Waals surface area contributed by atoms with Crippen molar-refractivity contribution in [3.63, 3.8) is 0 Å². The summed E-state index contributed by atoms with van der Waals surface area (Å²) in [7, 11) is 0. The highest BCUT2D eigenvalue weighted by molar-refractivity contribution is 5.88. The van der Waals surface area contributed by atoms with E-state index in [0.29, 0.717) is 0 Å². The largest absolute Gasteiger partial charge is 0.324 e. The van der Waals surface area contributed by atoms with Crippen LogP contribution in [0.1, 0.15) is 42.8 Å². The lowest BCUT2D eigenvalue weighted by Crippen LogP contribution is -2.20. The van der Waals surface area contributed by atoms with Crippen molar-refractivity contribution in [1.29, 1.82) is 0 Å². The average molecular weight is 387 g/mol. The van der Waals surface area contributed by atoms with Crippen LogP contribution in [0.25, 0.3) is 10.9 Å². The fourth-order valence-corrected chi connectivity index (χ4v) is 4.32. The Kier molecular flexibility index (Phi) is 4.46. The van der Waals surface area contributed by atoms with Gasteiger partial charge in [0.25, 0.3) is 0 Å². The minimum absolute atomic E-state index is 0.101. The maximum Gasteiger partial charge on any atom is 0.229 e. The molecule has 5 rings (SSSR count). The number of aryl methyl sites for hydroxylation is 2. The predicted molar refractivity (Wildman–Crippen MR) is 112 cm³/mol. The molecular formula is C23H22FN5. The van der Waals surface area contributed by atoms with Gasteiger partial charge in [0.2, 0.25) is 5.95 Å². The van der Waals surface area contributed by atoms with Gasteiger partial charge in [0.15, 0.2) is 0 Å². The maximum absolute atomic E-state index is 13.4. The third-order valence-corrected chi connectivity index (χ3v) is 5.71. The van der Waals surface area contributed by atoms with Crippen LogP contribution >= 0.6 is 0 Å². The summed E-state index contributed by atoms with van der Waals surface area (Å²) in [5, 5.41) is 13.6. The Hall–Kier alpha value is -3.28. The van der Waals surface area contributed by atoms with E-state index < -0.39 is 0 Å². The Balaban J connectivity index is 1.57. The summed E-state index contributed by atoms with van der Waals surface area (Å²) >= 11 is 0. The van der Waals surface area contributed by atoms with E-state index in [1.165, 1.54) is 17.7 Å². The van der Waals surface area contributed by atoms with Gasteiger partial charge in [-0.25, -0.2) is 4.39 Å². The maximum atomic E-state index is 13.4. The topological polar surface area (TPSA) is 55.6 Å². The highest BCUT2D eigenvalue weighted by Crippen LogP contribution is 2.35. The standard InChI is InChI=1S/C23H22FN5/c1-2-17-18-5-4-14-25-19(18)12-13-20(17)26-23-28-27-22-7-3-6-21(29(22)23)15-8-10-16(24)11-9-15/h4-5,8-14,21H,2-3,6-7H2,1H3,(H,26,28). The fourth-order valence-electron chi connectivity index (χ4n) is 4.32. The van der Waals surface area contributed by atoms with Gasteiger partial charge < -0.3 is 5.32 Å². The zero-order valence-corrected chi connectivity index (χ0v) is 16.3. The summed E-state index contributed by atoms with van der Waals surface area (Å²) in [5.41, 5.74) is 4.30. The first-order valence-corrected chi connectivity index (χ1v) is 10.1. The number of nitrogens with zero attached hydrogens (tertiary/aromatic N) is 4. The Morgan fingerprint density at radius 3 is 2.79 bits per heavy atom. The second kappa shape index (κ2) is 7.28. The number of anilines is 2. The van der Waals surface area contributed by atoms with Crippen LogP contribution in [-0.4, -0.2) is 19.7 Å². The number of hydrogen-bond acceptors (Lipinski definition) is 4. The molecule has 1 atom stereocenters. The number of halogens is 1. The molecule has 0 aliphatic carbocycles. The molecule has 6 heteroatoms. The van der Waals surface area contributed by atoms with Crippen LogP contribution in [0.4, 0.5) is 16.0 Å². The van der Waals surface area contributed by atoms with E-state index in [-0.39, 0.29) is 11.9 Å². The molecule has 0 amide bonds. The number of rotatable bonds is 4. The summed E-state index contributed by atoms with van der Waals surface area (Å²) in [5.74, 6) is 1.48. The third kappa shape index (κ3) is 3.14. The van der Waals surface area contributed by atoms with Crippen LogP contribution in [0.5, 0.6) is 0 Å². The molecule has 1 N–H and O–H groups in total. The smallest absolute Gasteiger partial charge is 0.229 e. The van der Waals surface area contributed by atoms with Gasteiger partial charge in [-0.3, -0.25) is 9.55 Å². The molecule has 3 heterocycles. The summed E-state index contributed by atoms with van der Waals surface area (Å²) in [6, 6.07) is 15.0. The van der Waals surface area contributed by atoms with Crippen molar-refractivity contribution in [2.75, 3.05) is 5.32 Å². The monoisotopic (exact) mass is 387 g/mol. The van der Waals surface area contributed by atoms with Crippen molar-refractivity contribution in [2.45, 2.75) is 38.6 Å². The molecule has 1 aliphatic rings. The van der Waals surface area contributed by atoms with E-state index >= 15 is 0 Å². The Labute approximate surface area is 168 Å².